The zero-order valence-electron chi connectivity index (χ0n) is 12.0. The molecule has 0 spiro atoms. The average Bonchev–Trinajstić information content (AvgIpc) is 2.97. The smallest absolute Gasteiger partial charge is 0.257 e. The van der Waals surface area contributed by atoms with Crippen molar-refractivity contribution < 1.29 is 9.53 Å². The first kappa shape index (κ1) is 16.4. The van der Waals surface area contributed by atoms with Crippen LogP contribution in [0.25, 0.3) is 5.70 Å². The number of hydrogen-bond donors (Lipinski definition) is 3. The fourth-order valence-corrected chi connectivity index (χ4v) is 3.01. The summed E-state index contributed by atoms with van der Waals surface area (Å²) in [6.45, 7) is 4.00. The summed E-state index contributed by atoms with van der Waals surface area (Å²) < 4.78 is 6.22. The van der Waals surface area contributed by atoms with E-state index in [1.807, 2.05) is 36.4 Å². The van der Waals surface area contributed by atoms with Gasteiger partial charge in [-0.2, -0.15) is 0 Å². The Hall–Kier alpha value is -1.99. The number of anilines is 1. The molecule has 0 atom stereocenters. The van der Waals surface area contributed by atoms with E-state index < -0.39 is 0 Å². The highest BCUT2D eigenvalue weighted by atomic mass is 79.9. The van der Waals surface area contributed by atoms with Gasteiger partial charge in [-0.1, -0.05) is 18.7 Å². The molecule has 116 valence electrons. The number of ether oxygens (including phenoxy) is 1. The van der Waals surface area contributed by atoms with Crippen molar-refractivity contribution in [2.45, 2.75) is 0 Å². The molecule has 0 aliphatic rings. The summed E-state index contributed by atoms with van der Waals surface area (Å²) in [6, 6.07) is 11.3. The van der Waals surface area contributed by atoms with Gasteiger partial charge in [-0.05, 0) is 40.2 Å². The summed E-state index contributed by atoms with van der Waals surface area (Å²) in [6.07, 6.45) is 0. The van der Waals surface area contributed by atoms with E-state index in [0.717, 1.165) is 14.4 Å². The van der Waals surface area contributed by atoms with Crippen LogP contribution < -0.4 is 20.9 Å². The summed E-state index contributed by atoms with van der Waals surface area (Å²) in [5.74, 6) is 0.485. The van der Waals surface area contributed by atoms with Crippen molar-refractivity contribution in [3.05, 3.63) is 51.6 Å². The molecule has 0 saturated heterocycles. The van der Waals surface area contributed by atoms with Crippen LogP contribution in [-0.4, -0.2) is 19.6 Å². The molecule has 0 fully saturated rings. The largest absolute Gasteiger partial charge is 0.495 e. The second-order valence-electron chi connectivity index (χ2n) is 4.31. The Morgan fingerprint density at radius 1 is 1.27 bits per heavy atom. The highest BCUT2D eigenvalue weighted by Gasteiger charge is 2.06. The quantitative estimate of drug-likeness (QED) is 0.644. The molecule has 1 heterocycles. The lowest BCUT2D eigenvalue weighted by Crippen LogP contribution is -2.39. The van der Waals surface area contributed by atoms with Crippen LogP contribution in [0.15, 0.2) is 46.8 Å². The Bertz CT molecular complexity index is 672. The molecule has 22 heavy (non-hydrogen) atoms. The van der Waals surface area contributed by atoms with E-state index in [0.29, 0.717) is 11.4 Å². The maximum absolute atomic E-state index is 11.8. The van der Waals surface area contributed by atoms with E-state index in [1.165, 1.54) is 11.3 Å². The third kappa shape index (κ3) is 4.51. The van der Waals surface area contributed by atoms with Crippen LogP contribution in [0, 0.1) is 0 Å². The summed E-state index contributed by atoms with van der Waals surface area (Å²) in [5, 5.41) is 3.02. The van der Waals surface area contributed by atoms with Gasteiger partial charge in [0.15, 0.2) is 0 Å². The van der Waals surface area contributed by atoms with Crippen LogP contribution in [0.5, 0.6) is 5.75 Å². The van der Waals surface area contributed by atoms with E-state index in [4.69, 9.17) is 4.74 Å². The Balaban J connectivity index is 1.80. The minimum absolute atomic E-state index is 0.120. The Kier molecular flexibility index (Phi) is 5.85. The first-order chi connectivity index (χ1) is 10.6. The van der Waals surface area contributed by atoms with Gasteiger partial charge in [0.05, 0.1) is 33.7 Å². The number of hydrogen-bond acceptors (Lipinski definition) is 5. The fourth-order valence-electron chi connectivity index (χ4n) is 1.69. The molecule has 0 unspecified atom stereocenters. The van der Waals surface area contributed by atoms with Crippen molar-refractivity contribution in [2.75, 3.05) is 19.0 Å². The van der Waals surface area contributed by atoms with Gasteiger partial charge >= 0.3 is 0 Å². The molecule has 1 aromatic carbocycles. The van der Waals surface area contributed by atoms with Crippen molar-refractivity contribution in [2.24, 2.45) is 0 Å². The molecule has 0 radical (unpaired) electrons. The van der Waals surface area contributed by atoms with Crippen LogP contribution in [0.4, 0.5) is 5.69 Å². The van der Waals surface area contributed by atoms with Crippen molar-refractivity contribution >= 4 is 44.6 Å². The molecule has 0 aliphatic carbocycles. The molecule has 3 N–H and O–H groups in total. The third-order valence-corrected chi connectivity index (χ3v) is 4.45. The van der Waals surface area contributed by atoms with Gasteiger partial charge in [0.2, 0.25) is 0 Å². The SMILES string of the molecule is C=C(NNC(=O)CNc1ccccc1OC)c1ccc(Br)s1. The van der Waals surface area contributed by atoms with Gasteiger partial charge in [0, 0.05) is 0 Å². The van der Waals surface area contributed by atoms with E-state index in [2.05, 4.69) is 38.7 Å². The lowest BCUT2D eigenvalue weighted by Gasteiger charge is -2.12. The zero-order chi connectivity index (χ0) is 15.9. The van der Waals surface area contributed by atoms with Crippen LogP contribution in [-0.2, 0) is 4.79 Å². The normalized spacial score (nSPS) is 9.91. The summed E-state index contributed by atoms with van der Waals surface area (Å²) in [5.41, 5.74) is 6.80. The molecular formula is C15H16BrN3O2S. The number of carbonyl (C=O) groups excluding carboxylic acids is 1. The Labute approximate surface area is 141 Å². The van der Waals surface area contributed by atoms with Crippen LogP contribution in [0.2, 0.25) is 0 Å². The predicted molar refractivity (Wildman–Crippen MR) is 93.8 cm³/mol. The molecule has 0 aliphatic heterocycles. The van der Waals surface area contributed by atoms with Gasteiger partial charge in [-0.15, -0.1) is 11.3 Å². The number of carbonyl (C=O) groups is 1. The number of halogens is 1. The summed E-state index contributed by atoms with van der Waals surface area (Å²) in [7, 11) is 1.59. The molecule has 2 aromatic rings. The van der Waals surface area contributed by atoms with Gasteiger partial charge in [-0.3, -0.25) is 15.6 Å². The van der Waals surface area contributed by atoms with E-state index in [9.17, 15) is 4.79 Å². The Morgan fingerprint density at radius 3 is 2.73 bits per heavy atom. The standard InChI is InChI=1S/C15H16BrN3O2S/c1-10(13-7-8-14(16)22-13)18-19-15(20)9-17-11-5-3-4-6-12(11)21-2/h3-8,17-18H,1,9H2,2H3,(H,19,20). The lowest BCUT2D eigenvalue weighted by atomic mass is 10.3. The number of amides is 1. The number of benzene rings is 1. The highest BCUT2D eigenvalue weighted by molar-refractivity contribution is 9.11. The van der Waals surface area contributed by atoms with Crippen molar-refractivity contribution in [1.29, 1.82) is 0 Å². The monoisotopic (exact) mass is 381 g/mol. The fraction of sp³-hybridized carbons (Fsp3) is 0.133. The number of methoxy groups -OCH3 is 1. The summed E-state index contributed by atoms with van der Waals surface area (Å²) >= 11 is 4.92. The van der Waals surface area contributed by atoms with Crippen LogP contribution in [0.1, 0.15) is 4.88 Å². The number of thiophene rings is 1. The molecule has 7 heteroatoms. The molecule has 0 bridgehead atoms. The number of rotatable bonds is 7. The minimum atomic E-state index is -0.206. The minimum Gasteiger partial charge on any atom is -0.495 e. The molecule has 1 aromatic heterocycles. The molecular weight excluding hydrogens is 366 g/mol. The maximum Gasteiger partial charge on any atom is 0.257 e. The molecule has 0 saturated carbocycles. The van der Waals surface area contributed by atoms with Gasteiger partial charge in [0.1, 0.15) is 5.75 Å². The van der Waals surface area contributed by atoms with E-state index in [-0.39, 0.29) is 12.5 Å². The van der Waals surface area contributed by atoms with Crippen molar-refractivity contribution in [3.63, 3.8) is 0 Å². The Morgan fingerprint density at radius 2 is 2.05 bits per heavy atom. The topological polar surface area (TPSA) is 62.4 Å². The van der Waals surface area contributed by atoms with Gasteiger partial charge < -0.3 is 10.1 Å². The second kappa shape index (κ2) is 7.86. The zero-order valence-corrected chi connectivity index (χ0v) is 14.4. The number of hydrazine groups is 1. The molecule has 1 amide bonds. The number of para-hydroxylation sites is 2. The maximum atomic E-state index is 11.8. The van der Waals surface area contributed by atoms with E-state index in [1.54, 1.807) is 7.11 Å². The molecule has 2 rings (SSSR count). The highest BCUT2D eigenvalue weighted by Crippen LogP contribution is 2.25. The van der Waals surface area contributed by atoms with Crippen molar-refractivity contribution in [3.8, 4) is 5.75 Å². The first-order valence-electron chi connectivity index (χ1n) is 6.46. The van der Waals surface area contributed by atoms with Crippen LogP contribution in [0.3, 0.4) is 0 Å². The predicted octanol–water partition coefficient (Wildman–Crippen LogP) is 3.22. The molecule has 5 nitrogen and oxygen atoms in total. The van der Waals surface area contributed by atoms with Crippen LogP contribution >= 0.6 is 27.3 Å². The van der Waals surface area contributed by atoms with Crippen molar-refractivity contribution in [1.82, 2.24) is 10.9 Å². The second-order valence-corrected chi connectivity index (χ2v) is 6.77. The lowest BCUT2D eigenvalue weighted by molar-refractivity contribution is -0.120. The van der Waals surface area contributed by atoms with Gasteiger partial charge in [-0.25, -0.2) is 0 Å². The first-order valence-corrected chi connectivity index (χ1v) is 8.07. The third-order valence-electron chi connectivity index (χ3n) is 2.77. The summed E-state index contributed by atoms with van der Waals surface area (Å²) in [4.78, 5) is 12.8. The van der Waals surface area contributed by atoms with Gasteiger partial charge in [0.25, 0.3) is 5.91 Å². The average molecular weight is 382 g/mol. The van der Waals surface area contributed by atoms with E-state index >= 15 is 0 Å². The number of nitrogens with one attached hydrogen (secondary N) is 3.